The Bertz CT molecular complexity index is 606. The van der Waals surface area contributed by atoms with Crippen molar-refractivity contribution >= 4 is 5.71 Å². The first-order valence-electron chi connectivity index (χ1n) is 8.38. The van der Waals surface area contributed by atoms with Crippen molar-refractivity contribution in [2.24, 2.45) is 5.16 Å². The van der Waals surface area contributed by atoms with Crippen LogP contribution in [0.2, 0.25) is 0 Å². The second-order valence-electron chi connectivity index (χ2n) is 7.13. The topological polar surface area (TPSA) is 65.3 Å². The van der Waals surface area contributed by atoms with E-state index in [1.54, 1.807) is 6.92 Å². The highest BCUT2D eigenvalue weighted by Gasteiger charge is 2.45. The molecule has 0 saturated carbocycles. The van der Waals surface area contributed by atoms with Gasteiger partial charge in [-0.05, 0) is 70.5 Å². The smallest absolute Gasteiger partial charge is 0.131 e. The van der Waals surface area contributed by atoms with E-state index in [2.05, 4.69) is 10.1 Å². The number of nitrogens with zero attached hydrogens (tertiary/aromatic N) is 2. The third-order valence-electron chi connectivity index (χ3n) is 5.06. The second kappa shape index (κ2) is 6.13. The molecular weight excluding hydrogens is 292 g/mol. The molecule has 1 saturated heterocycles. The number of hydrogen-bond acceptors (Lipinski definition) is 5. The first-order chi connectivity index (χ1) is 10.9. The van der Waals surface area contributed by atoms with E-state index in [0.29, 0.717) is 5.71 Å². The molecule has 126 valence electrons. The van der Waals surface area contributed by atoms with Crippen molar-refractivity contribution in [1.82, 2.24) is 4.90 Å². The quantitative estimate of drug-likeness (QED) is 0.500. The van der Waals surface area contributed by atoms with Crippen LogP contribution >= 0.6 is 0 Å². The number of aliphatic hydroxyl groups excluding tert-OH is 1. The van der Waals surface area contributed by atoms with Gasteiger partial charge >= 0.3 is 0 Å². The minimum Gasteiger partial charge on any atom is -0.485 e. The van der Waals surface area contributed by atoms with E-state index >= 15 is 0 Å². The maximum absolute atomic E-state index is 10.9. The summed E-state index contributed by atoms with van der Waals surface area (Å²) in [5.74, 6) is 0.811. The molecule has 3 rings (SSSR count). The Morgan fingerprint density at radius 3 is 2.61 bits per heavy atom. The van der Waals surface area contributed by atoms with Crippen molar-refractivity contribution in [3.8, 4) is 5.75 Å². The van der Waals surface area contributed by atoms with Crippen molar-refractivity contribution in [1.29, 1.82) is 0 Å². The van der Waals surface area contributed by atoms with Crippen molar-refractivity contribution in [3.63, 3.8) is 0 Å². The summed E-state index contributed by atoms with van der Waals surface area (Å²) in [5, 5.41) is 23.3. The number of rotatable bonds is 2. The number of fused-ring (bicyclic) bond motifs is 1. The zero-order valence-corrected chi connectivity index (χ0v) is 14.1. The fourth-order valence-corrected chi connectivity index (χ4v) is 3.64. The molecule has 1 fully saturated rings. The first kappa shape index (κ1) is 16.3. The van der Waals surface area contributed by atoms with E-state index in [1.165, 1.54) is 6.42 Å². The summed E-state index contributed by atoms with van der Waals surface area (Å²) in [6.45, 7) is 7.63. The standard InChI is InChI=1S/C18H26N2O3/c1-12(19-22)13-7-8-15-14(11-13)16(17(21)18(2,3)23-15)20-9-5-4-6-10-20/h7-8,11,16-17,21-22H,4-6,9-10H2,1-3H3/t16-,17+/m1/s1. The van der Waals surface area contributed by atoms with E-state index < -0.39 is 11.7 Å². The van der Waals surface area contributed by atoms with E-state index in [-0.39, 0.29) is 6.04 Å². The molecule has 5 nitrogen and oxygen atoms in total. The van der Waals surface area contributed by atoms with E-state index in [1.807, 2.05) is 32.0 Å². The minimum absolute atomic E-state index is 0.0829. The van der Waals surface area contributed by atoms with Gasteiger partial charge in [0.1, 0.15) is 17.5 Å². The minimum atomic E-state index is -0.628. The molecule has 2 heterocycles. The Morgan fingerprint density at radius 2 is 1.96 bits per heavy atom. The van der Waals surface area contributed by atoms with Crippen LogP contribution in [0.15, 0.2) is 23.4 Å². The third kappa shape index (κ3) is 2.95. The first-order valence-corrected chi connectivity index (χ1v) is 8.38. The van der Waals surface area contributed by atoms with Crippen LogP contribution in [0.4, 0.5) is 0 Å². The summed E-state index contributed by atoms with van der Waals surface area (Å²) in [7, 11) is 0. The number of piperidine rings is 1. The van der Waals surface area contributed by atoms with Gasteiger partial charge in [-0.1, -0.05) is 11.6 Å². The van der Waals surface area contributed by atoms with E-state index in [0.717, 1.165) is 42.8 Å². The molecule has 0 amide bonds. The van der Waals surface area contributed by atoms with Crippen LogP contribution in [-0.4, -0.2) is 45.7 Å². The van der Waals surface area contributed by atoms with Crippen molar-refractivity contribution < 1.29 is 15.1 Å². The number of benzene rings is 1. The van der Waals surface area contributed by atoms with Gasteiger partial charge in [0.2, 0.25) is 0 Å². The van der Waals surface area contributed by atoms with Crippen LogP contribution in [0, 0.1) is 0 Å². The van der Waals surface area contributed by atoms with Crippen LogP contribution in [0.1, 0.15) is 57.2 Å². The van der Waals surface area contributed by atoms with Crippen LogP contribution in [0.25, 0.3) is 0 Å². The highest BCUT2D eigenvalue weighted by molar-refractivity contribution is 5.98. The normalized spacial score (nSPS) is 28.1. The Labute approximate surface area is 137 Å². The lowest BCUT2D eigenvalue weighted by molar-refractivity contribution is -0.0961. The Morgan fingerprint density at radius 1 is 1.26 bits per heavy atom. The monoisotopic (exact) mass is 318 g/mol. The fraction of sp³-hybridized carbons (Fsp3) is 0.611. The number of hydrogen-bond donors (Lipinski definition) is 2. The summed E-state index contributed by atoms with van der Waals surface area (Å²) in [6.07, 6.45) is 2.98. The molecule has 2 atom stereocenters. The summed E-state index contributed by atoms with van der Waals surface area (Å²) in [6, 6.07) is 5.72. The average molecular weight is 318 g/mol. The molecule has 5 heteroatoms. The third-order valence-corrected chi connectivity index (χ3v) is 5.06. The van der Waals surface area contributed by atoms with Crippen molar-refractivity contribution in [2.75, 3.05) is 13.1 Å². The zero-order valence-electron chi connectivity index (χ0n) is 14.1. The Kier molecular flexibility index (Phi) is 4.34. The van der Waals surface area contributed by atoms with Crippen LogP contribution < -0.4 is 4.74 Å². The fourth-order valence-electron chi connectivity index (χ4n) is 3.64. The molecule has 1 aromatic rings. The predicted octanol–water partition coefficient (Wildman–Crippen LogP) is 2.94. The van der Waals surface area contributed by atoms with Crippen LogP contribution in [0.3, 0.4) is 0 Å². The SMILES string of the molecule is CC(=NO)c1ccc2c(c1)[C@@H](N1CCCCC1)[C@H](O)C(C)(C)O2. The second-order valence-corrected chi connectivity index (χ2v) is 7.13. The molecule has 2 N–H and O–H groups in total. The van der Waals surface area contributed by atoms with Gasteiger partial charge in [0.05, 0.1) is 11.8 Å². The van der Waals surface area contributed by atoms with Gasteiger partial charge in [-0.15, -0.1) is 0 Å². The van der Waals surface area contributed by atoms with Crippen LogP contribution in [0.5, 0.6) is 5.75 Å². The van der Waals surface area contributed by atoms with Gasteiger partial charge in [0.15, 0.2) is 0 Å². The predicted molar refractivity (Wildman–Crippen MR) is 89.3 cm³/mol. The molecule has 2 aliphatic rings. The highest BCUT2D eigenvalue weighted by atomic mass is 16.5. The Hall–Kier alpha value is -1.59. The molecule has 0 aliphatic carbocycles. The molecule has 0 spiro atoms. The number of ether oxygens (including phenoxy) is 1. The van der Waals surface area contributed by atoms with Gasteiger partial charge in [-0.3, -0.25) is 4.90 Å². The zero-order chi connectivity index (χ0) is 16.6. The summed E-state index contributed by atoms with van der Waals surface area (Å²) < 4.78 is 6.04. The molecule has 23 heavy (non-hydrogen) atoms. The number of aliphatic hydroxyl groups is 1. The van der Waals surface area contributed by atoms with Gasteiger partial charge < -0.3 is 15.1 Å². The van der Waals surface area contributed by atoms with Gasteiger partial charge in [-0.2, -0.15) is 0 Å². The van der Waals surface area contributed by atoms with Gasteiger partial charge in [-0.25, -0.2) is 0 Å². The molecule has 2 aliphatic heterocycles. The van der Waals surface area contributed by atoms with Crippen LogP contribution in [-0.2, 0) is 0 Å². The lowest BCUT2D eigenvalue weighted by Crippen LogP contribution is -2.54. The maximum atomic E-state index is 10.9. The maximum Gasteiger partial charge on any atom is 0.131 e. The van der Waals surface area contributed by atoms with E-state index in [9.17, 15) is 5.11 Å². The van der Waals surface area contributed by atoms with Gasteiger partial charge in [0.25, 0.3) is 0 Å². The lowest BCUT2D eigenvalue weighted by atomic mass is 9.84. The molecule has 0 radical (unpaired) electrons. The number of likely N-dealkylation sites (tertiary alicyclic amines) is 1. The largest absolute Gasteiger partial charge is 0.485 e. The van der Waals surface area contributed by atoms with Gasteiger partial charge in [0, 0.05) is 5.56 Å². The average Bonchev–Trinajstić information content (AvgIpc) is 2.55. The van der Waals surface area contributed by atoms with E-state index in [4.69, 9.17) is 9.94 Å². The Balaban J connectivity index is 2.06. The van der Waals surface area contributed by atoms with Crippen molar-refractivity contribution in [3.05, 3.63) is 29.3 Å². The molecule has 0 unspecified atom stereocenters. The lowest BCUT2D eigenvalue weighted by Gasteiger charge is -2.47. The molecule has 0 aromatic heterocycles. The summed E-state index contributed by atoms with van der Waals surface area (Å²) in [4.78, 5) is 2.37. The summed E-state index contributed by atoms with van der Waals surface area (Å²) >= 11 is 0. The molecule has 0 bridgehead atoms. The molecular formula is C18H26N2O3. The van der Waals surface area contributed by atoms with Crippen molar-refractivity contribution in [2.45, 2.75) is 57.8 Å². The molecule has 1 aromatic carbocycles. The number of oxime groups is 1. The summed E-state index contributed by atoms with van der Waals surface area (Å²) in [5.41, 5.74) is 1.77. The highest BCUT2D eigenvalue weighted by Crippen LogP contribution is 2.44.